The lowest BCUT2D eigenvalue weighted by molar-refractivity contribution is 0.0702. The molecule has 9 heteroatoms. The second kappa shape index (κ2) is 7.65. The summed E-state index contributed by atoms with van der Waals surface area (Å²) in [6, 6.07) is 1.28. The Kier molecular flexibility index (Phi) is 5.53. The number of nitrogens with zero attached hydrogens (tertiary/aromatic N) is 3. The summed E-state index contributed by atoms with van der Waals surface area (Å²) >= 11 is 0. The van der Waals surface area contributed by atoms with Crippen LogP contribution in [0.15, 0.2) is 12.3 Å². The third-order valence-corrected chi connectivity index (χ3v) is 6.39. The fourth-order valence-corrected chi connectivity index (χ4v) is 5.04. The number of carbonyl (C=O) groups is 1. The zero-order valence-electron chi connectivity index (χ0n) is 14.3. The fraction of sp³-hybridized carbons (Fsp3) is 0.688. The Bertz CT molecular complexity index is 719. The molecular weight excluding hydrogens is 344 g/mol. The zero-order chi connectivity index (χ0) is 17.9. The number of aromatic nitrogens is 2. The molecule has 0 saturated carbocycles. The van der Waals surface area contributed by atoms with Gasteiger partial charge < -0.3 is 15.0 Å². The lowest BCUT2D eigenvalue weighted by Gasteiger charge is -2.26. The predicted octanol–water partition coefficient (Wildman–Crippen LogP) is 0.717. The minimum absolute atomic E-state index is 0.0296. The molecular formula is C16H24N4O4S. The molecule has 138 valence electrons. The van der Waals surface area contributed by atoms with E-state index >= 15 is 0 Å². The van der Waals surface area contributed by atoms with E-state index in [1.165, 1.54) is 6.20 Å². The maximum Gasteiger partial charge on any atom is 0.272 e. The van der Waals surface area contributed by atoms with Gasteiger partial charge in [-0.15, -0.1) is 0 Å². The number of amides is 1. The molecule has 0 radical (unpaired) electrons. The first kappa shape index (κ1) is 18.1. The Morgan fingerprint density at radius 3 is 2.92 bits per heavy atom. The first-order valence-electron chi connectivity index (χ1n) is 8.68. The van der Waals surface area contributed by atoms with Crippen molar-refractivity contribution in [2.75, 3.05) is 36.5 Å². The largest absolute Gasteiger partial charge is 0.376 e. The molecule has 1 aromatic rings. The van der Waals surface area contributed by atoms with Crippen molar-refractivity contribution in [3.8, 4) is 0 Å². The van der Waals surface area contributed by atoms with Crippen molar-refractivity contribution >= 4 is 21.7 Å². The Balaban J connectivity index is 1.67. The summed E-state index contributed by atoms with van der Waals surface area (Å²) in [7, 11) is -3.05. The standard InChI is InChI=1S/C16H24N4O4S/c1-2-20(12-6-9-25(22,23)11-12)15(21)14-5-7-17-16(19-14)18-10-13-4-3-8-24-13/h5,7,12-13H,2-4,6,8-11H2,1H3,(H,17,18,19). The minimum Gasteiger partial charge on any atom is -0.376 e. The highest BCUT2D eigenvalue weighted by molar-refractivity contribution is 7.91. The highest BCUT2D eigenvalue weighted by atomic mass is 32.2. The highest BCUT2D eigenvalue weighted by Gasteiger charge is 2.34. The van der Waals surface area contributed by atoms with Gasteiger partial charge in [0.15, 0.2) is 9.84 Å². The van der Waals surface area contributed by atoms with Crippen molar-refractivity contribution in [3.05, 3.63) is 18.0 Å². The van der Waals surface area contributed by atoms with Gasteiger partial charge in [0.2, 0.25) is 5.95 Å². The summed E-state index contributed by atoms with van der Waals surface area (Å²) in [5, 5.41) is 3.11. The normalized spacial score (nSPS) is 25.0. The van der Waals surface area contributed by atoms with Crippen molar-refractivity contribution in [2.45, 2.75) is 38.3 Å². The number of carbonyl (C=O) groups excluding carboxylic acids is 1. The van der Waals surface area contributed by atoms with Crippen LogP contribution < -0.4 is 5.32 Å². The summed E-state index contributed by atoms with van der Waals surface area (Å²) in [6.07, 6.45) is 4.24. The van der Waals surface area contributed by atoms with Crippen molar-refractivity contribution in [1.29, 1.82) is 0 Å². The van der Waals surface area contributed by atoms with Gasteiger partial charge >= 0.3 is 0 Å². The molecule has 0 aromatic carbocycles. The maximum absolute atomic E-state index is 12.8. The number of nitrogens with one attached hydrogen (secondary N) is 1. The van der Waals surface area contributed by atoms with E-state index in [0.717, 1.165) is 19.4 Å². The molecule has 2 saturated heterocycles. The van der Waals surface area contributed by atoms with Gasteiger partial charge in [0.1, 0.15) is 5.69 Å². The van der Waals surface area contributed by atoms with Crippen LogP contribution in [0, 0.1) is 0 Å². The lowest BCUT2D eigenvalue weighted by atomic mass is 10.2. The summed E-state index contributed by atoms with van der Waals surface area (Å²) in [6.45, 7) is 3.68. The van der Waals surface area contributed by atoms with Crippen molar-refractivity contribution in [2.24, 2.45) is 0 Å². The lowest BCUT2D eigenvalue weighted by Crippen LogP contribution is -2.41. The van der Waals surface area contributed by atoms with Crippen LogP contribution in [0.3, 0.4) is 0 Å². The van der Waals surface area contributed by atoms with Crippen LogP contribution in [0.25, 0.3) is 0 Å². The molecule has 25 heavy (non-hydrogen) atoms. The number of hydrogen-bond acceptors (Lipinski definition) is 7. The van der Waals surface area contributed by atoms with E-state index in [2.05, 4.69) is 15.3 Å². The Labute approximate surface area is 147 Å². The zero-order valence-corrected chi connectivity index (χ0v) is 15.2. The molecule has 8 nitrogen and oxygen atoms in total. The number of sulfone groups is 1. The molecule has 2 unspecified atom stereocenters. The van der Waals surface area contributed by atoms with Crippen molar-refractivity contribution in [1.82, 2.24) is 14.9 Å². The SMILES string of the molecule is CCN(C(=O)c1ccnc(NCC2CCCO2)n1)C1CCS(=O)(=O)C1. The highest BCUT2D eigenvalue weighted by Crippen LogP contribution is 2.19. The smallest absolute Gasteiger partial charge is 0.272 e. The van der Waals surface area contributed by atoms with Crippen LogP contribution in [-0.4, -0.2) is 72.5 Å². The number of anilines is 1. The monoisotopic (exact) mass is 368 g/mol. The number of rotatable bonds is 6. The third kappa shape index (κ3) is 4.46. The number of hydrogen-bond donors (Lipinski definition) is 1. The van der Waals surface area contributed by atoms with Crippen LogP contribution in [-0.2, 0) is 14.6 Å². The Hall–Kier alpha value is -1.74. The Morgan fingerprint density at radius 2 is 2.28 bits per heavy atom. The summed E-state index contributed by atoms with van der Waals surface area (Å²) in [5.41, 5.74) is 0.274. The molecule has 1 amide bonds. The summed E-state index contributed by atoms with van der Waals surface area (Å²) in [4.78, 5) is 22.8. The Morgan fingerprint density at radius 1 is 1.44 bits per heavy atom. The van der Waals surface area contributed by atoms with Gasteiger partial charge in [-0.2, -0.15) is 0 Å². The second-order valence-corrected chi connectivity index (χ2v) is 8.66. The molecule has 3 rings (SSSR count). The van der Waals surface area contributed by atoms with Gasteiger partial charge in [0.05, 0.1) is 17.6 Å². The van der Waals surface area contributed by atoms with Crippen LogP contribution in [0.4, 0.5) is 5.95 Å². The van der Waals surface area contributed by atoms with Gasteiger partial charge in [-0.3, -0.25) is 4.79 Å². The molecule has 1 N–H and O–H groups in total. The van der Waals surface area contributed by atoms with Crippen LogP contribution in [0.5, 0.6) is 0 Å². The molecule has 1 aromatic heterocycles. The fourth-order valence-electron chi connectivity index (χ4n) is 3.31. The molecule has 3 heterocycles. The van der Waals surface area contributed by atoms with Gasteiger partial charge in [-0.05, 0) is 32.3 Å². The van der Waals surface area contributed by atoms with Crippen LogP contribution in [0.2, 0.25) is 0 Å². The molecule has 2 atom stereocenters. The number of ether oxygens (including phenoxy) is 1. The summed E-state index contributed by atoms with van der Waals surface area (Å²) in [5.74, 6) is 0.296. The quantitative estimate of drug-likeness (QED) is 0.789. The predicted molar refractivity (Wildman–Crippen MR) is 93.3 cm³/mol. The average molecular weight is 368 g/mol. The van der Waals surface area contributed by atoms with E-state index in [1.807, 2.05) is 6.92 Å². The molecule has 2 aliphatic heterocycles. The molecule has 0 bridgehead atoms. The van der Waals surface area contributed by atoms with Crippen molar-refractivity contribution < 1.29 is 17.9 Å². The molecule has 2 fully saturated rings. The minimum atomic E-state index is -3.05. The third-order valence-electron chi connectivity index (χ3n) is 4.64. The van der Waals surface area contributed by atoms with Gasteiger partial charge in [-0.1, -0.05) is 0 Å². The van der Waals surface area contributed by atoms with Crippen LogP contribution >= 0.6 is 0 Å². The van der Waals surface area contributed by atoms with Crippen LogP contribution in [0.1, 0.15) is 36.7 Å². The van der Waals surface area contributed by atoms with Crippen molar-refractivity contribution in [3.63, 3.8) is 0 Å². The van der Waals surface area contributed by atoms with E-state index in [9.17, 15) is 13.2 Å². The molecule has 0 spiro atoms. The van der Waals surface area contributed by atoms with Gasteiger partial charge in [-0.25, -0.2) is 18.4 Å². The van der Waals surface area contributed by atoms with E-state index in [-0.39, 0.29) is 35.3 Å². The first-order chi connectivity index (χ1) is 12.0. The van der Waals surface area contributed by atoms with E-state index in [4.69, 9.17) is 4.74 Å². The maximum atomic E-state index is 12.8. The van der Waals surface area contributed by atoms with E-state index < -0.39 is 9.84 Å². The molecule has 0 aliphatic carbocycles. The summed E-state index contributed by atoms with van der Waals surface area (Å²) < 4.78 is 28.9. The van der Waals surface area contributed by atoms with Gasteiger partial charge in [0.25, 0.3) is 5.91 Å². The first-order valence-corrected chi connectivity index (χ1v) is 10.5. The average Bonchev–Trinajstić information content (AvgIpc) is 3.23. The van der Waals surface area contributed by atoms with E-state index in [0.29, 0.717) is 25.5 Å². The topological polar surface area (TPSA) is 101 Å². The van der Waals surface area contributed by atoms with E-state index in [1.54, 1.807) is 11.0 Å². The van der Waals surface area contributed by atoms with Gasteiger partial charge in [0, 0.05) is 31.9 Å². The second-order valence-electron chi connectivity index (χ2n) is 6.43. The molecule has 2 aliphatic rings.